The van der Waals surface area contributed by atoms with Crippen LogP contribution < -0.4 is 10.6 Å². The third-order valence-corrected chi connectivity index (χ3v) is 3.10. The van der Waals surface area contributed by atoms with E-state index in [4.69, 9.17) is 16.7 Å². The number of hydrogen-bond acceptors (Lipinski definition) is 3. The van der Waals surface area contributed by atoms with E-state index in [0.717, 1.165) is 0 Å². The number of aliphatic carboxylic acids is 1. The highest BCUT2D eigenvalue weighted by atomic mass is 35.5. The first-order valence-electron chi connectivity index (χ1n) is 6.85. The minimum absolute atomic E-state index is 0.158. The molecule has 1 aromatic rings. The summed E-state index contributed by atoms with van der Waals surface area (Å²) < 4.78 is 0. The summed E-state index contributed by atoms with van der Waals surface area (Å²) in [5.41, 5.74) is 0.379. The van der Waals surface area contributed by atoms with E-state index in [1.54, 1.807) is 24.3 Å². The Labute approximate surface area is 133 Å². The highest BCUT2D eigenvalue weighted by molar-refractivity contribution is 6.30. The van der Waals surface area contributed by atoms with Crippen LogP contribution in [0.25, 0.3) is 0 Å². The summed E-state index contributed by atoms with van der Waals surface area (Å²) in [4.78, 5) is 34.6. The lowest BCUT2D eigenvalue weighted by Crippen LogP contribution is -2.48. The summed E-state index contributed by atoms with van der Waals surface area (Å²) in [6, 6.07) is 5.48. The van der Waals surface area contributed by atoms with Crippen LogP contribution in [0.2, 0.25) is 5.02 Å². The van der Waals surface area contributed by atoms with Crippen LogP contribution in [0.1, 0.15) is 30.6 Å². The number of carboxylic acids is 1. The van der Waals surface area contributed by atoms with Gasteiger partial charge in [-0.1, -0.05) is 25.4 Å². The standard InChI is InChI=1S/C15H19ClN2O4/c1-9(2)7-12(15(22)17-8-13(19)20)18-14(21)10-3-5-11(16)6-4-10/h3-6,9,12H,7-8H2,1-2H3,(H,17,22)(H,18,21)(H,19,20). The summed E-state index contributed by atoms with van der Waals surface area (Å²) in [6.07, 6.45) is 0.408. The summed E-state index contributed by atoms with van der Waals surface area (Å²) in [5.74, 6) is -1.90. The van der Waals surface area contributed by atoms with Gasteiger partial charge in [0.15, 0.2) is 0 Å². The molecule has 0 saturated carbocycles. The predicted octanol–water partition coefficient (Wildman–Crippen LogP) is 1.69. The molecule has 3 N–H and O–H groups in total. The number of benzene rings is 1. The molecule has 0 spiro atoms. The molecule has 1 aromatic carbocycles. The summed E-state index contributed by atoms with van der Waals surface area (Å²) >= 11 is 5.76. The molecular formula is C15H19ClN2O4. The molecule has 7 heteroatoms. The fourth-order valence-corrected chi connectivity index (χ4v) is 1.96. The zero-order chi connectivity index (χ0) is 16.7. The predicted molar refractivity (Wildman–Crippen MR) is 82.8 cm³/mol. The minimum atomic E-state index is -1.14. The van der Waals surface area contributed by atoms with Gasteiger partial charge >= 0.3 is 5.97 Å². The van der Waals surface area contributed by atoms with E-state index < -0.39 is 30.4 Å². The van der Waals surface area contributed by atoms with Gasteiger partial charge in [0.1, 0.15) is 12.6 Å². The Hall–Kier alpha value is -2.08. The molecule has 6 nitrogen and oxygen atoms in total. The van der Waals surface area contributed by atoms with Crippen molar-refractivity contribution in [2.75, 3.05) is 6.54 Å². The van der Waals surface area contributed by atoms with Crippen LogP contribution in [-0.4, -0.2) is 35.5 Å². The van der Waals surface area contributed by atoms with E-state index in [2.05, 4.69) is 10.6 Å². The molecule has 1 atom stereocenters. The lowest BCUT2D eigenvalue weighted by molar-refractivity contribution is -0.138. The lowest BCUT2D eigenvalue weighted by Gasteiger charge is -2.19. The number of carboxylic acid groups (broad SMARTS) is 1. The molecule has 22 heavy (non-hydrogen) atoms. The average Bonchev–Trinajstić information content (AvgIpc) is 2.44. The number of carbonyl (C=O) groups excluding carboxylic acids is 2. The Morgan fingerprint density at radius 1 is 1.18 bits per heavy atom. The van der Waals surface area contributed by atoms with Gasteiger partial charge in [-0.3, -0.25) is 14.4 Å². The van der Waals surface area contributed by atoms with Crippen LogP contribution in [0.3, 0.4) is 0 Å². The van der Waals surface area contributed by atoms with Gasteiger partial charge in [0, 0.05) is 10.6 Å². The first-order valence-corrected chi connectivity index (χ1v) is 7.23. The number of amides is 2. The highest BCUT2D eigenvalue weighted by Crippen LogP contribution is 2.11. The second kappa shape index (κ2) is 8.38. The van der Waals surface area contributed by atoms with Gasteiger partial charge in [0.2, 0.25) is 5.91 Å². The van der Waals surface area contributed by atoms with E-state index in [1.165, 1.54) is 0 Å². The van der Waals surface area contributed by atoms with Gasteiger partial charge in [0.05, 0.1) is 0 Å². The van der Waals surface area contributed by atoms with Crippen molar-refractivity contribution >= 4 is 29.4 Å². The zero-order valence-electron chi connectivity index (χ0n) is 12.4. The first-order chi connectivity index (χ1) is 10.3. The monoisotopic (exact) mass is 326 g/mol. The molecule has 0 heterocycles. The van der Waals surface area contributed by atoms with Crippen molar-refractivity contribution in [2.45, 2.75) is 26.3 Å². The van der Waals surface area contributed by atoms with Crippen molar-refractivity contribution in [3.63, 3.8) is 0 Å². The van der Waals surface area contributed by atoms with Crippen LogP contribution in [0.15, 0.2) is 24.3 Å². The zero-order valence-corrected chi connectivity index (χ0v) is 13.2. The van der Waals surface area contributed by atoms with Crippen LogP contribution in [0, 0.1) is 5.92 Å². The smallest absolute Gasteiger partial charge is 0.322 e. The summed E-state index contributed by atoms with van der Waals surface area (Å²) in [6.45, 7) is 3.34. The van der Waals surface area contributed by atoms with Crippen molar-refractivity contribution in [1.29, 1.82) is 0 Å². The molecule has 0 aliphatic carbocycles. The van der Waals surface area contributed by atoms with E-state index in [9.17, 15) is 14.4 Å². The molecule has 0 aromatic heterocycles. The molecule has 0 aliphatic heterocycles. The third-order valence-electron chi connectivity index (χ3n) is 2.85. The maximum Gasteiger partial charge on any atom is 0.322 e. The quantitative estimate of drug-likeness (QED) is 0.710. The van der Waals surface area contributed by atoms with E-state index in [0.29, 0.717) is 17.0 Å². The molecular weight excluding hydrogens is 308 g/mol. The second-order valence-corrected chi connectivity index (χ2v) is 5.71. The van der Waals surface area contributed by atoms with E-state index >= 15 is 0 Å². The largest absolute Gasteiger partial charge is 0.480 e. The van der Waals surface area contributed by atoms with Gasteiger partial charge in [-0.15, -0.1) is 0 Å². The van der Waals surface area contributed by atoms with Gasteiger partial charge in [0.25, 0.3) is 5.91 Å². The van der Waals surface area contributed by atoms with Crippen LogP contribution in [0.4, 0.5) is 0 Å². The van der Waals surface area contributed by atoms with Crippen molar-refractivity contribution in [3.05, 3.63) is 34.9 Å². The van der Waals surface area contributed by atoms with Crippen LogP contribution >= 0.6 is 11.6 Å². The summed E-state index contributed by atoms with van der Waals surface area (Å²) in [5, 5.41) is 14.0. The van der Waals surface area contributed by atoms with E-state index in [1.807, 2.05) is 13.8 Å². The Bertz CT molecular complexity index is 543. The van der Waals surface area contributed by atoms with Gasteiger partial charge in [-0.2, -0.15) is 0 Å². The number of halogens is 1. The second-order valence-electron chi connectivity index (χ2n) is 5.27. The van der Waals surface area contributed by atoms with Crippen molar-refractivity contribution in [1.82, 2.24) is 10.6 Å². The van der Waals surface area contributed by atoms with Crippen molar-refractivity contribution < 1.29 is 19.5 Å². The van der Waals surface area contributed by atoms with Gasteiger partial charge in [-0.25, -0.2) is 0 Å². The number of nitrogens with one attached hydrogen (secondary N) is 2. The average molecular weight is 327 g/mol. The van der Waals surface area contributed by atoms with Crippen molar-refractivity contribution in [2.24, 2.45) is 5.92 Å². The Kier molecular flexibility index (Phi) is 6.85. The Balaban J connectivity index is 2.75. The molecule has 2 amide bonds. The molecule has 1 unspecified atom stereocenters. The van der Waals surface area contributed by atoms with Crippen LogP contribution in [-0.2, 0) is 9.59 Å². The Morgan fingerprint density at radius 3 is 2.27 bits per heavy atom. The fourth-order valence-electron chi connectivity index (χ4n) is 1.83. The molecule has 0 radical (unpaired) electrons. The SMILES string of the molecule is CC(C)CC(NC(=O)c1ccc(Cl)cc1)C(=O)NCC(=O)O. The lowest BCUT2D eigenvalue weighted by atomic mass is 10.0. The fraction of sp³-hybridized carbons (Fsp3) is 0.400. The minimum Gasteiger partial charge on any atom is -0.480 e. The normalized spacial score (nSPS) is 11.8. The van der Waals surface area contributed by atoms with E-state index in [-0.39, 0.29) is 5.92 Å². The molecule has 0 aliphatic rings. The maximum absolute atomic E-state index is 12.1. The molecule has 0 saturated heterocycles. The Morgan fingerprint density at radius 2 is 1.77 bits per heavy atom. The van der Waals surface area contributed by atoms with Gasteiger partial charge in [-0.05, 0) is 36.6 Å². The topological polar surface area (TPSA) is 95.5 Å². The molecule has 0 fully saturated rings. The number of carbonyl (C=O) groups is 3. The first kappa shape index (κ1) is 18.0. The molecule has 120 valence electrons. The van der Waals surface area contributed by atoms with Crippen LogP contribution in [0.5, 0.6) is 0 Å². The number of rotatable bonds is 7. The summed E-state index contributed by atoms with van der Waals surface area (Å²) in [7, 11) is 0. The molecule has 1 rings (SSSR count). The highest BCUT2D eigenvalue weighted by Gasteiger charge is 2.22. The maximum atomic E-state index is 12.1. The van der Waals surface area contributed by atoms with Crippen molar-refractivity contribution in [3.8, 4) is 0 Å². The molecule has 0 bridgehead atoms. The number of hydrogen-bond donors (Lipinski definition) is 3. The van der Waals surface area contributed by atoms with Gasteiger partial charge < -0.3 is 15.7 Å². The third kappa shape index (κ3) is 6.13.